The van der Waals surface area contributed by atoms with Crippen LogP contribution in [0.5, 0.6) is 0 Å². The second kappa shape index (κ2) is 6.48. The van der Waals surface area contributed by atoms with Gasteiger partial charge >= 0.3 is 0 Å². The third-order valence-electron chi connectivity index (χ3n) is 3.92. The molecule has 85 valence electrons. The highest BCUT2D eigenvalue weighted by Crippen LogP contribution is 2.38. The monoisotopic (exact) mass is 197 g/mol. The van der Waals surface area contributed by atoms with Gasteiger partial charge in [0.25, 0.3) is 0 Å². The Morgan fingerprint density at radius 1 is 1.21 bits per heavy atom. The zero-order valence-electron chi connectivity index (χ0n) is 10.9. The van der Waals surface area contributed by atoms with Crippen molar-refractivity contribution in [1.82, 2.24) is 0 Å². The largest absolute Gasteiger partial charge is 0.0654 e. The number of hydrogen-bond acceptors (Lipinski definition) is 0. The highest BCUT2D eigenvalue weighted by Gasteiger charge is 2.28. The van der Waals surface area contributed by atoms with Gasteiger partial charge in [-0.2, -0.15) is 0 Å². The molecule has 0 saturated heterocycles. The van der Waals surface area contributed by atoms with Gasteiger partial charge in [-0.1, -0.05) is 67.2 Å². The summed E-state index contributed by atoms with van der Waals surface area (Å²) in [6, 6.07) is 0. The topological polar surface area (TPSA) is 0 Å². The molecule has 1 radical (unpaired) electrons. The molecule has 0 N–H and O–H groups in total. The molecule has 0 bridgehead atoms. The molecule has 0 aliphatic rings. The summed E-state index contributed by atoms with van der Waals surface area (Å²) < 4.78 is 0. The quantitative estimate of drug-likeness (QED) is 0.533. The van der Waals surface area contributed by atoms with Gasteiger partial charge in [-0.3, -0.25) is 0 Å². The maximum atomic E-state index is 3.97. The van der Waals surface area contributed by atoms with Crippen molar-refractivity contribution in [1.29, 1.82) is 0 Å². The molecule has 0 amide bonds. The Labute approximate surface area is 91.5 Å². The number of unbranched alkanes of at least 4 members (excludes halogenated alkanes) is 1. The van der Waals surface area contributed by atoms with Crippen molar-refractivity contribution < 1.29 is 0 Å². The van der Waals surface area contributed by atoms with E-state index < -0.39 is 0 Å². The Balaban J connectivity index is 4.07. The average molecular weight is 197 g/mol. The molecule has 14 heavy (non-hydrogen) atoms. The summed E-state index contributed by atoms with van der Waals surface area (Å²) in [5.74, 6) is 1.67. The lowest BCUT2D eigenvalue weighted by Crippen LogP contribution is -2.27. The van der Waals surface area contributed by atoms with Crippen molar-refractivity contribution in [3.8, 4) is 0 Å². The Morgan fingerprint density at radius 2 is 1.79 bits per heavy atom. The van der Waals surface area contributed by atoms with E-state index in [1.165, 1.54) is 25.7 Å². The van der Waals surface area contributed by atoms with Gasteiger partial charge in [-0.25, -0.2) is 0 Å². The molecule has 2 unspecified atom stereocenters. The molecule has 0 aromatic heterocycles. The van der Waals surface area contributed by atoms with Crippen LogP contribution in [0, 0.1) is 24.2 Å². The van der Waals surface area contributed by atoms with Gasteiger partial charge in [0.2, 0.25) is 0 Å². The maximum absolute atomic E-state index is 3.97. The van der Waals surface area contributed by atoms with Crippen LogP contribution in [-0.4, -0.2) is 0 Å². The lowest BCUT2D eigenvalue weighted by Gasteiger charge is -2.36. The van der Waals surface area contributed by atoms with Crippen LogP contribution in [0.4, 0.5) is 0 Å². The van der Waals surface area contributed by atoms with Crippen molar-refractivity contribution in [3.63, 3.8) is 0 Å². The van der Waals surface area contributed by atoms with Gasteiger partial charge in [0.05, 0.1) is 0 Å². The molecule has 0 heteroatoms. The standard InChI is InChI=1S/C14H29/c1-7-9-10-12(3)13(4)14(5,6)11-8-2/h12-13H,2,7-11H2,1,3-6H3. The Bertz CT molecular complexity index is 135. The molecule has 0 nitrogen and oxygen atoms in total. The maximum Gasteiger partial charge on any atom is -0.0326 e. The molecule has 0 saturated carbocycles. The third-order valence-corrected chi connectivity index (χ3v) is 3.92. The van der Waals surface area contributed by atoms with E-state index >= 15 is 0 Å². The highest BCUT2D eigenvalue weighted by molar-refractivity contribution is 4.79. The summed E-state index contributed by atoms with van der Waals surface area (Å²) in [5, 5.41) is 0. The second-order valence-electron chi connectivity index (χ2n) is 5.50. The minimum atomic E-state index is 0.467. The van der Waals surface area contributed by atoms with Crippen LogP contribution < -0.4 is 0 Å². The van der Waals surface area contributed by atoms with Crippen molar-refractivity contribution in [2.45, 2.75) is 66.7 Å². The number of rotatable bonds is 7. The Kier molecular flexibility index (Phi) is 6.48. The molecule has 2 atom stereocenters. The number of hydrogen-bond donors (Lipinski definition) is 0. The van der Waals surface area contributed by atoms with Crippen LogP contribution >= 0.6 is 0 Å². The van der Waals surface area contributed by atoms with E-state index in [1.807, 2.05) is 0 Å². The molecular formula is C14H29. The SMILES string of the molecule is [CH2]CCC(C)(C)C(C)C(C)CCCC. The second-order valence-corrected chi connectivity index (χ2v) is 5.50. The van der Waals surface area contributed by atoms with Gasteiger partial charge < -0.3 is 0 Å². The van der Waals surface area contributed by atoms with Gasteiger partial charge in [0, 0.05) is 0 Å². The zero-order valence-corrected chi connectivity index (χ0v) is 10.9. The minimum absolute atomic E-state index is 0.467. The Morgan fingerprint density at radius 3 is 2.21 bits per heavy atom. The average Bonchev–Trinajstić information content (AvgIpc) is 2.12. The summed E-state index contributed by atoms with van der Waals surface area (Å²) in [6.45, 7) is 15.9. The van der Waals surface area contributed by atoms with Crippen LogP contribution in [0.3, 0.4) is 0 Å². The Hall–Kier alpha value is 0. The normalized spacial score (nSPS) is 16.7. The summed E-state index contributed by atoms with van der Waals surface area (Å²) in [7, 11) is 0. The fraction of sp³-hybridized carbons (Fsp3) is 0.929. The van der Waals surface area contributed by atoms with Crippen LogP contribution in [0.2, 0.25) is 0 Å². The smallest absolute Gasteiger partial charge is 0.0326 e. The van der Waals surface area contributed by atoms with Crippen LogP contribution in [0.25, 0.3) is 0 Å². The first-order valence-corrected chi connectivity index (χ1v) is 6.25. The van der Waals surface area contributed by atoms with Crippen molar-refractivity contribution in [2.75, 3.05) is 0 Å². The van der Waals surface area contributed by atoms with Crippen LogP contribution in [-0.2, 0) is 0 Å². The van der Waals surface area contributed by atoms with Crippen molar-refractivity contribution in [3.05, 3.63) is 6.92 Å². The lowest BCUT2D eigenvalue weighted by molar-refractivity contribution is 0.145. The summed E-state index contributed by atoms with van der Waals surface area (Å²) >= 11 is 0. The third kappa shape index (κ3) is 4.48. The molecule has 0 aliphatic heterocycles. The molecule has 0 spiro atoms. The van der Waals surface area contributed by atoms with E-state index in [4.69, 9.17) is 0 Å². The summed E-state index contributed by atoms with van der Waals surface area (Å²) in [5.41, 5.74) is 0.467. The minimum Gasteiger partial charge on any atom is -0.0654 e. The van der Waals surface area contributed by atoms with E-state index in [-0.39, 0.29) is 0 Å². The zero-order chi connectivity index (χ0) is 11.2. The molecule has 0 aromatic carbocycles. The molecular weight excluding hydrogens is 168 g/mol. The van der Waals surface area contributed by atoms with Gasteiger partial charge in [-0.15, -0.1) is 0 Å². The van der Waals surface area contributed by atoms with E-state index in [0.29, 0.717) is 5.41 Å². The lowest BCUT2D eigenvalue weighted by atomic mass is 9.70. The van der Waals surface area contributed by atoms with Crippen molar-refractivity contribution in [2.24, 2.45) is 17.3 Å². The molecule has 0 aromatic rings. The molecule has 0 fully saturated rings. The summed E-state index contributed by atoms with van der Waals surface area (Å²) in [4.78, 5) is 0. The fourth-order valence-electron chi connectivity index (χ4n) is 2.23. The molecule has 0 aliphatic carbocycles. The van der Waals surface area contributed by atoms with Crippen LogP contribution in [0.1, 0.15) is 66.7 Å². The van der Waals surface area contributed by atoms with Crippen molar-refractivity contribution >= 4 is 0 Å². The molecule has 0 rings (SSSR count). The molecule has 0 heterocycles. The predicted octanol–water partition coefficient (Wildman–Crippen LogP) is 5.09. The highest BCUT2D eigenvalue weighted by atomic mass is 14.3. The van der Waals surface area contributed by atoms with E-state index in [1.54, 1.807) is 0 Å². The van der Waals surface area contributed by atoms with Gasteiger partial charge in [-0.05, 0) is 23.7 Å². The predicted molar refractivity (Wildman–Crippen MR) is 66.2 cm³/mol. The first kappa shape index (κ1) is 14.0. The van der Waals surface area contributed by atoms with E-state index in [9.17, 15) is 0 Å². The van der Waals surface area contributed by atoms with Crippen LogP contribution in [0.15, 0.2) is 0 Å². The van der Waals surface area contributed by atoms with Gasteiger partial charge in [0.15, 0.2) is 0 Å². The van der Waals surface area contributed by atoms with Gasteiger partial charge in [0.1, 0.15) is 0 Å². The fourth-order valence-corrected chi connectivity index (χ4v) is 2.23. The first-order valence-electron chi connectivity index (χ1n) is 6.25. The summed E-state index contributed by atoms with van der Waals surface area (Å²) in [6.07, 6.45) is 6.42. The van der Waals surface area contributed by atoms with E-state index in [0.717, 1.165) is 18.3 Å². The van der Waals surface area contributed by atoms with E-state index in [2.05, 4.69) is 41.5 Å². The first-order chi connectivity index (χ1) is 6.45.